The summed E-state index contributed by atoms with van der Waals surface area (Å²) < 4.78 is 6.27. The summed E-state index contributed by atoms with van der Waals surface area (Å²) in [6.45, 7) is 0. The van der Waals surface area contributed by atoms with Gasteiger partial charge < -0.3 is 10.1 Å². The molecule has 19 heavy (non-hydrogen) atoms. The Kier molecular flexibility index (Phi) is 7.48. The Hall–Kier alpha value is -0.530. The normalized spacial score (nSPS) is 10.1. The van der Waals surface area contributed by atoms with Crippen LogP contribution < -0.4 is 5.32 Å². The average Bonchev–Trinajstić information content (AvgIpc) is 2.37. The van der Waals surface area contributed by atoms with Gasteiger partial charge in [-0.2, -0.15) is 11.8 Å². The van der Waals surface area contributed by atoms with Gasteiger partial charge in [0.25, 0.3) is 0 Å². The second kappa shape index (κ2) is 8.60. The summed E-state index contributed by atoms with van der Waals surface area (Å²) in [7, 11) is 1.35. The van der Waals surface area contributed by atoms with Gasteiger partial charge in [0.15, 0.2) is 0 Å². The van der Waals surface area contributed by atoms with Crippen molar-refractivity contribution in [1.29, 1.82) is 0 Å². The van der Waals surface area contributed by atoms with Crippen LogP contribution in [0.25, 0.3) is 0 Å². The molecule has 0 heterocycles. The van der Waals surface area contributed by atoms with Crippen LogP contribution in [-0.2, 0) is 14.3 Å². The number of carbonyl (C=O) groups excluding carboxylic acids is 2. The SMILES string of the molecule is COC(=O)CCSCC(=O)Nc1ccc(Br)cc1Br. The molecule has 0 radical (unpaired) electrons. The zero-order valence-corrected chi connectivity index (χ0v) is 14.2. The van der Waals surface area contributed by atoms with Crippen molar-refractivity contribution in [3.8, 4) is 0 Å². The summed E-state index contributed by atoms with van der Waals surface area (Å²) in [6.07, 6.45) is 0.316. The molecule has 1 N–H and O–H groups in total. The van der Waals surface area contributed by atoms with Crippen LogP contribution in [0, 0.1) is 0 Å². The minimum absolute atomic E-state index is 0.0992. The van der Waals surface area contributed by atoms with Crippen molar-refractivity contribution >= 4 is 61.2 Å². The van der Waals surface area contributed by atoms with Crippen LogP contribution in [0.4, 0.5) is 5.69 Å². The Morgan fingerprint density at radius 3 is 2.74 bits per heavy atom. The molecular formula is C12H13Br2NO3S. The molecule has 0 unspecified atom stereocenters. The second-order valence-electron chi connectivity index (χ2n) is 3.55. The number of methoxy groups -OCH3 is 1. The van der Waals surface area contributed by atoms with Crippen molar-refractivity contribution in [2.24, 2.45) is 0 Å². The molecule has 1 aromatic rings. The van der Waals surface area contributed by atoms with Crippen LogP contribution in [0.1, 0.15) is 6.42 Å². The number of amides is 1. The lowest BCUT2D eigenvalue weighted by Crippen LogP contribution is -2.15. The largest absolute Gasteiger partial charge is 0.469 e. The number of rotatable bonds is 6. The van der Waals surface area contributed by atoms with E-state index in [-0.39, 0.29) is 11.9 Å². The number of halogens is 2. The third-order valence-electron chi connectivity index (χ3n) is 2.12. The predicted molar refractivity (Wildman–Crippen MR) is 84.4 cm³/mol. The monoisotopic (exact) mass is 409 g/mol. The quantitative estimate of drug-likeness (QED) is 0.576. The number of thioether (sulfide) groups is 1. The van der Waals surface area contributed by atoms with Gasteiger partial charge in [0.1, 0.15) is 0 Å². The fraction of sp³-hybridized carbons (Fsp3) is 0.333. The minimum atomic E-state index is -0.261. The molecule has 104 valence electrons. The van der Waals surface area contributed by atoms with Crippen molar-refractivity contribution in [2.45, 2.75) is 6.42 Å². The van der Waals surface area contributed by atoms with Crippen molar-refractivity contribution in [1.82, 2.24) is 0 Å². The minimum Gasteiger partial charge on any atom is -0.469 e. The molecule has 1 aromatic carbocycles. The number of hydrogen-bond acceptors (Lipinski definition) is 4. The first-order chi connectivity index (χ1) is 9.02. The first-order valence-electron chi connectivity index (χ1n) is 5.42. The highest BCUT2D eigenvalue weighted by molar-refractivity contribution is 9.11. The molecule has 1 rings (SSSR count). The van der Waals surface area contributed by atoms with Gasteiger partial charge in [-0.25, -0.2) is 0 Å². The average molecular weight is 411 g/mol. The smallest absolute Gasteiger partial charge is 0.306 e. The van der Waals surface area contributed by atoms with E-state index in [0.29, 0.717) is 17.9 Å². The highest BCUT2D eigenvalue weighted by atomic mass is 79.9. The number of ether oxygens (including phenoxy) is 1. The Balaban J connectivity index is 2.33. The Labute approximate surface area is 132 Å². The topological polar surface area (TPSA) is 55.4 Å². The van der Waals surface area contributed by atoms with Gasteiger partial charge in [0.05, 0.1) is 25.0 Å². The van der Waals surface area contributed by atoms with Gasteiger partial charge in [-0.05, 0) is 34.1 Å². The Morgan fingerprint density at radius 1 is 1.37 bits per heavy atom. The number of esters is 1. The van der Waals surface area contributed by atoms with Crippen LogP contribution in [0.5, 0.6) is 0 Å². The molecule has 0 aliphatic carbocycles. The molecule has 0 aliphatic heterocycles. The third kappa shape index (κ3) is 6.44. The van der Waals surface area contributed by atoms with E-state index in [1.807, 2.05) is 18.2 Å². The standard InChI is InChI=1S/C12H13Br2NO3S/c1-18-12(17)4-5-19-7-11(16)15-10-3-2-8(13)6-9(10)14/h2-3,6H,4-5,7H2,1H3,(H,15,16). The summed E-state index contributed by atoms with van der Waals surface area (Å²) in [5, 5.41) is 2.80. The third-order valence-corrected chi connectivity index (χ3v) is 4.23. The van der Waals surface area contributed by atoms with Crippen LogP contribution in [-0.4, -0.2) is 30.5 Å². The molecule has 4 nitrogen and oxygen atoms in total. The summed E-state index contributed by atoms with van der Waals surface area (Å²) in [6, 6.07) is 5.52. The van der Waals surface area contributed by atoms with Gasteiger partial charge in [0.2, 0.25) is 5.91 Å². The summed E-state index contributed by atoms with van der Waals surface area (Å²) >= 11 is 8.11. The van der Waals surface area contributed by atoms with Gasteiger partial charge in [0, 0.05) is 14.7 Å². The lowest BCUT2D eigenvalue weighted by molar-refractivity contribution is -0.140. The van der Waals surface area contributed by atoms with E-state index in [9.17, 15) is 9.59 Å². The van der Waals surface area contributed by atoms with E-state index < -0.39 is 0 Å². The van der Waals surface area contributed by atoms with Crippen molar-refractivity contribution < 1.29 is 14.3 Å². The van der Waals surface area contributed by atoms with Gasteiger partial charge in [-0.1, -0.05) is 15.9 Å². The van der Waals surface area contributed by atoms with E-state index in [1.54, 1.807) is 0 Å². The van der Waals surface area contributed by atoms with Gasteiger partial charge in [-0.3, -0.25) is 9.59 Å². The van der Waals surface area contributed by atoms with Gasteiger partial charge >= 0.3 is 5.97 Å². The fourth-order valence-electron chi connectivity index (χ4n) is 1.20. The van der Waals surface area contributed by atoms with Crippen LogP contribution in [0.15, 0.2) is 27.1 Å². The summed E-state index contributed by atoms with van der Waals surface area (Å²) in [5.41, 5.74) is 0.724. The second-order valence-corrected chi connectivity index (χ2v) is 6.43. The van der Waals surface area contributed by atoms with Gasteiger partial charge in [-0.15, -0.1) is 0 Å². The van der Waals surface area contributed by atoms with Crippen molar-refractivity contribution in [2.75, 3.05) is 23.9 Å². The number of carbonyl (C=O) groups is 2. The Morgan fingerprint density at radius 2 is 2.11 bits per heavy atom. The molecule has 0 atom stereocenters. The maximum absolute atomic E-state index is 11.7. The first-order valence-corrected chi connectivity index (χ1v) is 8.16. The number of nitrogens with one attached hydrogen (secondary N) is 1. The zero-order chi connectivity index (χ0) is 14.3. The van der Waals surface area contributed by atoms with Crippen molar-refractivity contribution in [3.05, 3.63) is 27.1 Å². The number of benzene rings is 1. The fourth-order valence-corrected chi connectivity index (χ4v) is 3.06. The highest BCUT2D eigenvalue weighted by Crippen LogP contribution is 2.26. The summed E-state index contributed by atoms with van der Waals surface area (Å²) in [4.78, 5) is 22.6. The molecule has 0 fully saturated rings. The maximum atomic E-state index is 11.7. The molecule has 0 bridgehead atoms. The first kappa shape index (κ1) is 16.5. The number of hydrogen-bond donors (Lipinski definition) is 1. The van der Waals surface area contributed by atoms with E-state index in [0.717, 1.165) is 14.6 Å². The molecular weight excluding hydrogens is 398 g/mol. The van der Waals surface area contributed by atoms with E-state index in [4.69, 9.17) is 0 Å². The number of anilines is 1. The van der Waals surface area contributed by atoms with Crippen LogP contribution in [0.2, 0.25) is 0 Å². The lowest BCUT2D eigenvalue weighted by Gasteiger charge is -2.07. The van der Waals surface area contributed by atoms with E-state index >= 15 is 0 Å². The Bertz CT molecular complexity index is 468. The molecule has 7 heteroatoms. The molecule has 0 aliphatic rings. The molecule has 1 amide bonds. The van der Waals surface area contributed by atoms with Crippen molar-refractivity contribution in [3.63, 3.8) is 0 Å². The van der Waals surface area contributed by atoms with Crippen LogP contribution in [0.3, 0.4) is 0 Å². The molecule has 0 spiro atoms. The lowest BCUT2D eigenvalue weighted by atomic mass is 10.3. The summed E-state index contributed by atoms with van der Waals surface area (Å²) in [5.74, 6) is 0.516. The highest BCUT2D eigenvalue weighted by Gasteiger charge is 2.07. The molecule has 0 aromatic heterocycles. The van der Waals surface area contributed by atoms with E-state index in [1.165, 1.54) is 18.9 Å². The predicted octanol–water partition coefficient (Wildman–Crippen LogP) is 3.45. The molecule has 0 saturated carbocycles. The van der Waals surface area contributed by atoms with Crippen LogP contribution >= 0.6 is 43.6 Å². The molecule has 0 saturated heterocycles. The zero-order valence-electron chi connectivity index (χ0n) is 10.2. The van der Waals surface area contributed by atoms with E-state index in [2.05, 4.69) is 41.9 Å². The maximum Gasteiger partial charge on any atom is 0.306 e.